The molecule has 2 aromatic carbocycles. The van der Waals surface area contributed by atoms with Crippen LogP contribution in [0.4, 0.5) is 5.69 Å². The molecule has 4 nitrogen and oxygen atoms in total. The van der Waals surface area contributed by atoms with Gasteiger partial charge in [-0.3, -0.25) is 4.79 Å². The van der Waals surface area contributed by atoms with Gasteiger partial charge in [0.05, 0.1) is 23.4 Å². The topological polar surface area (TPSA) is 47.6 Å². The van der Waals surface area contributed by atoms with Gasteiger partial charge in [0.15, 0.2) is 0 Å². The molecule has 0 saturated heterocycles. The van der Waals surface area contributed by atoms with Gasteiger partial charge in [0.25, 0.3) is 0 Å². The van der Waals surface area contributed by atoms with E-state index >= 15 is 0 Å². The van der Waals surface area contributed by atoms with Gasteiger partial charge in [-0.2, -0.15) is 0 Å². The van der Waals surface area contributed by atoms with E-state index in [1.807, 2.05) is 56.3 Å². The summed E-state index contributed by atoms with van der Waals surface area (Å²) in [5.74, 6) is 1.43. The fraction of sp³-hybridized carbons (Fsp3) is 0.316. The first-order valence-corrected chi connectivity index (χ1v) is 8.80. The third kappa shape index (κ3) is 5.57. The van der Waals surface area contributed by atoms with Crippen molar-refractivity contribution in [1.82, 2.24) is 0 Å². The highest BCUT2D eigenvalue weighted by molar-refractivity contribution is 9.10. The summed E-state index contributed by atoms with van der Waals surface area (Å²) in [6.07, 6.45) is 1.03. The quantitative estimate of drug-likeness (QED) is 0.647. The number of halogens is 1. The van der Waals surface area contributed by atoms with Crippen LogP contribution in [0.2, 0.25) is 0 Å². The maximum Gasteiger partial charge on any atom is 0.224 e. The van der Waals surface area contributed by atoms with Crippen molar-refractivity contribution in [1.29, 1.82) is 0 Å². The van der Waals surface area contributed by atoms with Crippen LogP contribution in [0.3, 0.4) is 0 Å². The zero-order valence-electron chi connectivity index (χ0n) is 14.0. The van der Waals surface area contributed by atoms with Gasteiger partial charge in [-0.05, 0) is 66.0 Å². The van der Waals surface area contributed by atoms with Crippen molar-refractivity contribution in [2.24, 2.45) is 0 Å². The van der Waals surface area contributed by atoms with Crippen molar-refractivity contribution in [2.75, 3.05) is 18.5 Å². The molecule has 0 saturated carbocycles. The number of amides is 1. The highest BCUT2D eigenvalue weighted by atomic mass is 79.9. The average molecular weight is 392 g/mol. The molecule has 0 heterocycles. The molecule has 0 aliphatic carbocycles. The Kier molecular flexibility index (Phi) is 7.12. The van der Waals surface area contributed by atoms with Crippen LogP contribution in [-0.2, 0) is 4.79 Å². The van der Waals surface area contributed by atoms with Crippen molar-refractivity contribution in [3.8, 4) is 11.5 Å². The van der Waals surface area contributed by atoms with Crippen molar-refractivity contribution >= 4 is 27.5 Å². The Hall–Kier alpha value is -2.01. The van der Waals surface area contributed by atoms with E-state index in [-0.39, 0.29) is 5.91 Å². The molecule has 0 bridgehead atoms. The third-order valence-electron chi connectivity index (χ3n) is 3.35. The Morgan fingerprint density at radius 1 is 1.12 bits per heavy atom. The van der Waals surface area contributed by atoms with Crippen LogP contribution in [0.15, 0.2) is 46.9 Å². The van der Waals surface area contributed by atoms with Gasteiger partial charge in [-0.15, -0.1) is 0 Å². The molecule has 1 amide bonds. The lowest BCUT2D eigenvalue weighted by Gasteiger charge is -2.11. The molecule has 128 valence electrons. The minimum Gasteiger partial charge on any atom is -0.492 e. The molecule has 1 N–H and O–H groups in total. The monoisotopic (exact) mass is 391 g/mol. The van der Waals surface area contributed by atoms with Crippen LogP contribution < -0.4 is 14.8 Å². The van der Waals surface area contributed by atoms with Crippen molar-refractivity contribution in [2.45, 2.75) is 26.7 Å². The molecule has 0 aromatic heterocycles. The number of aryl methyl sites for hydroxylation is 1. The van der Waals surface area contributed by atoms with Crippen LogP contribution >= 0.6 is 15.9 Å². The summed E-state index contributed by atoms with van der Waals surface area (Å²) in [6.45, 7) is 4.99. The van der Waals surface area contributed by atoms with E-state index in [0.717, 1.165) is 10.2 Å². The minimum absolute atomic E-state index is 0.0475. The SMILES string of the molecule is CCOc1ccccc1NC(=O)CCCOc1ccc(C)cc1Br. The summed E-state index contributed by atoms with van der Waals surface area (Å²) in [5.41, 5.74) is 1.87. The first-order chi connectivity index (χ1) is 11.6. The van der Waals surface area contributed by atoms with Crippen molar-refractivity contribution < 1.29 is 14.3 Å². The van der Waals surface area contributed by atoms with Crippen LogP contribution in [-0.4, -0.2) is 19.1 Å². The summed E-state index contributed by atoms with van der Waals surface area (Å²) < 4.78 is 12.1. The van der Waals surface area contributed by atoms with Gasteiger partial charge in [0, 0.05) is 6.42 Å². The number of carbonyl (C=O) groups is 1. The standard InChI is InChI=1S/C19H22BrNO3/c1-3-23-18-8-5-4-7-16(18)21-19(22)9-6-12-24-17-11-10-14(2)13-15(17)20/h4-5,7-8,10-11,13H,3,6,9,12H2,1-2H3,(H,21,22). The van der Waals surface area contributed by atoms with E-state index in [1.54, 1.807) is 0 Å². The number of anilines is 1. The van der Waals surface area contributed by atoms with Crippen molar-refractivity contribution in [3.05, 3.63) is 52.5 Å². The molecule has 2 rings (SSSR count). The molecule has 0 spiro atoms. The lowest BCUT2D eigenvalue weighted by Crippen LogP contribution is -2.13. The predicted octanol–water partition coefficient (Wildman–Crippen LogP) is 4.95. The maximum atomic E-state index is 12.1. The Morgan fingerprint density at radius 2 is 1.92 bits per heavy atom. The number of rotatable bonds is 8. The highest BCUT2D eigenvalue weighted by Gasteiger charge is 2.08. The Bertz CT molecular complexity index is 688. The maximum absolute atomic E-state index is 12.1. The van der Waals surface area contributed by atoms with Gasteiger partial charge in [-0.1, -0.05) is 18.2 Å². The Balaban J connectivity index is 1.77. The summed E-state index contributed by atoms with van der Waals surface area (Å²) in [4.78, 5) is 12.1. The number of nitrogens with one attached hydrogen (secondary N) is 1. The number of carbonyl (C=O) groups excluding carboxylic acids is 1. The molecule has 0 aliphatic heterocycles. The van der Waals surface area contributed by atoms with Gasteiger partial charge < -0.3 is 14.8 Å². The van der Waals surface area contributed by atoms with E-state index in [2.05, 4.69) is 21.2 Å². The molecular formula is C19H22BrNO3. The zero-order valence-corrected chi connectivity index (χ0v) is 15.6. The van der Waals surface area contributed by atoms with Crippen LogP contribution in [0.5, 0.6) is 11.5 Å². The van der Waals surface area contributed by atoms with Gasteiger partial charge in [0.1, 0.15) is 11.5 Å². The fourth-order valence-corrected chi connectivity index (χ4v) is 2.81. The number of ether oxygens (including phenoxy) is 2. The summed E-state index contributed by atoms with van der Waals surface area (Å²) >= 11 is 3.48. The van der Waals surface area contributed by atoms with Gasteiger partial charge >= 0.3 is 0 Å². The molecule has 2 aromatic rings. The molecule has 24 heavy (non-hydrogen) atoms. The molecule has 5 heteroatoms. The van der Waals surface area contributed by atoms with E-state index in [9.17, 15) is 4.79 Å². The number of hydrogen-bond acceptors (Lipinski definition) is 3. The number of para-hydroxylation sites is 2. The van der Waals surface area contributed by atoms with Gasteiger partial charge in [0.2, 0.25) is 5.91 Å². The average Bonchev–Trinajstić information content (AvgIpc) is 2.55. The number of hydrogen-bond donors (Lipinski definition) is 1. The van der Waals surface area contributed by atoms with Crippen molar-refractivity contribution in [3.63, 3.8) is 0 Å². The lowest BCUT2D eigenvalue weighted by molar-refractivity contribution is -0.116. The van der Waals surface area contributed by atoms with Crippen LogP contribution in [0.25, 0.3) is 0 Å². The third-order valence-corrected chi connectivity index (χ3v) is 3.97. The Morgan fingerprint density at radius 3 is 2.67 bits per heavy atom. The van der Waals surface area contributed by atoms with Crippen LogP contribution in [0.1, 0.15) is 25.3 Å². The molecule has 0 atom stereocenters. The second-order valence-corrected chi connectivity index (χ2v) is 6.22. The van der Waals surface area contributed by atoms with E-state index in [1.165, 1.54) is 5.56 Å². The number of benzene rings is 2. The second kappa shape index (κ2) is 9.33. The first kappa shape index (κ1) is 18.3. The predicted molar refractivity (Wildman–Crippen MR) is 99.8 cm³/mol. The summed E-state index contributed by atoms with van der Waals surface area (Å²) in [6, 6.07) is 13.4. The second-order valence-electron chi connectivity index (χ2n) is 5.36. The van der Waals surface area contributed by atoms with E-state index in [0.29, 0.717) is 37.5 Å². The zero-order chi connectivity index (χ0) is 17.4. The fourth-order valence-electron chi connectivity index (χ4n) is 2.20. The first-order valence-electron chi connectivity index (χ1n) is 8.00. The Labute approximate surface area is 151 Å². The summed E-state index contributed by atoms with van der Waals surface area (Å²) in [7, 11) is 0. The van der Waals surface area contributed by atoms with E-state index in [4.69, 9.17) is 9.47 Å². The molecule has 0 unspecified atom stereocenters. The molecular weight excluding hydrogens is 370 g/mol. The largest absolute Gasteiger partial charge is 0.492 e. The van der Waals surface area contributed by atoms with E-state index < -0.39 is 0 Å². The molecule has 0 fully saturated rings. The summed E-state index contributed by atoms with van der Waals surface area (Å²) in [5, 5.41) is 2.88. The molecule has 0 radical (unpaired) electrons. The lowest BCUT2D eigenvalue weighted by atomic mass is 10.2. The normalized spacial score (nSPS) is 10.3. The smallest absolute Gasteiger partial charge is 0.224 e. The van der Waals surface area contributed by atoms with Crippen LogP contribution in [0, 0.1) is 6.92 Å². The highest BCUT2D eigenvalue weighted by Crippen LogP contribution is 2.26. The van der Waals surface area contributed by atoms with Gasteiger partial charge in [-0.25, -0.2) is 0 Å². The minimum atomic E-state index is -0.0475. The molecule has 0 aliphatic rings.